The van der Waals surface area contributed by atoms with Crippen molar-refractivity contribution in [2.75, 3.05) is 26.9 Å². The summed E-state index contributed by atoms with van der Waals surface area (Å²) >= 11 is 0. The molecule has 0 spiro atoms. The Balaban J connectivity index is 1.13. The van der Waals surface area contributed by atoms with E-state index in [9.17, 15) is 25.5 Å². The largest absolute Gasteiger partial charge is 0.508 e. The normalized spacial score (nSPS) is 22.8. The van der Waals surface area contributed by atoms with E-state index in [0.717, 1.165) is 70.7 Å². The van der Waals surface area contributed by atoms with E-state index in [-0.39, 0.29) is 30.0 Å². The second-order valence-corrected chi connectivity index (χ2v) is 16.1. The van der Waals surface area contributed by atoms with Crippen LogP contribution in [-0.4, -0.2) is 64.7 Å². The number of aliphatic hydroxyl groups is 2. The van der Waals surface area contributed by atoms with Crippen LogP contribution >= 0.6 is 0 Å². The number of rotatable bonds is 10. The number of phenolic OH excluding ortho intramolecular Hbond substituents is 3. The highest BCUT2D eigenvalue weighted by molar-refractivity contribution is 5.97. The third-order valence-electron chi connectivity index (χ3n) is 12.4. The third-order valence-corrected chi connectivity index (χ3v) is 12.4. The molecule has 3 aliphatic heterocycles. The first-order valence-electron chi connectivity index (χ1n) is 20.3. The van der Waals surface area contributed by atoms with E-state index >= 15 is 0 Å². The molecule has 1 saturated carbocycles. The Bertz CT molecular complexity index is 2280. The Morgan fingerprint density at radius 1 is 0.754 bits per heavy atom. The lowest BCUT2D eigenvalue weighted by molar-refractivity contribution is -0.0888. The molecule has 0 radical (unpaired) electrons. The molecule has 5 N–H and O–H groups in total. The molecule has 4 aliphatic rings. The van der Waals surface area contributed by atoms with E-state index in [1.54, 1.807) is 49.6 Å². The van der Waals surface area contributed by atoms with Gasteiger partial charge >= 0.3 is 0 Å². The van der Waals surface area contributed by atoms with Gasteiger partial charge < -0.3 is 49.2 Å². The van der Waals surface area contributed by atoms with E-state index in [2.05, 4.69) is 0 Å². The molecule has 57 heavy (non-hydrogen) atoms. The molecule has 10 nitrogen and oxygen atoms in total. The SMILES string of the molecule is COCCC[C@@H]1Oc2c(c3c(c4cc(O)ccc24)OCCC3)[C@H](O)[C@@H]1[C@@H]1COc2c(Cc3cc(O)ccc3-c3cccc(O)c3)cc(OC3CCCC3)cc2[C@H]1O. The topological polar surface area (TPSA) is 147 Å². The lowest BCUT2D eigenvalue weighted by Crippen LogP contribution is -2.46. The average Bonchev–Trinajstić information content (AvgIpc) is 3.72. The Kier molecular flexibility index (Phi) is 10.3. The van der Waals surface area contributed by atoms with Gasteiger partial charge in [0.25, 0.3) is 0 Å². The first-order valence-corrected chi connectivity index (χ1v) is 20.3. The molecular formula is C47H50O10. The summed E-state index contributed by atoms with van der Waals surface area (Å²) in [6, 6.07) is 21.3. The zero-order valence-corrected chi connectivity index (χ0v) is 32.2. The van der Waals surface area contributed by atoms with Crippen molar-refractivity contribution >= 4 is 10.8 Å². The number of aromatic hydroxyl groups is 3. The average molecular weight is 775 g/mol. The van der Waals surface area contributed by atoms with Crippen molar-refractivity contribution in [1.82, 2.24) is 0 Å². The zero-order chi connectivity index (χ0) is 39.2. The molecule has 0 saturated heterocycles. The molecule has 0 unspecified atom stereocenters. The predicted octanol–water partition coefficient (Wildman–Crippen LogP) is 8.44. The Hall–Kier alpha value is -5.16. The molecule has 0 aromatic heterocycles. The van der Waals surface area contributed by atoms with Crippen LogP contribution in [0.15, 0.2) is 72.8 Å². The van der Waals surface area contributed by atoms with Crippen LogP contribution in [0.5, 0.6) is 40.2 Å². The number of ether oxygens (including phenoxy) is 5. The Labute approximate surface area is 332 Å². The van der Waals surface area contributed by atoms with E-state index in [0.29, 0.717) is 73.0 Å². The molecular weight excluding hydrogens is 725 g/mol. The first kappa shape index (κ1) is 37.4. The Morgan fingerprint density at radius 2 is 1.56 bits per heavy atom. The minimum atomic E-state index is -1.03. The maximum absolute atomic E-state index is 12.7. The molecule has 1 aliphatic carbocycles. The highest BCUT2D eigenvalue weighted by Gasteiger charge is 2.49. The van der Waals surface area contributed by atoms with Crippen molar-refractivity contribution in [3.8, 4) is 51.4 Å². The van der Waals surface area contributed by atoms with E-state index in [4.69, 9.17) is 23.7 Å². The molecule has 5 atom stereocenters. The fourth-order valence-electron chi connectivity index (χ4n) is 9.76. The van der Waals surface area contributed by atoms with Crippen LogP contribution in [-0.2, 0) is 17.6 Å². The van der Waals surface area contributed by atoms with Crippen LogP contribution in [0.25, 0.3) is 21.9 Å². The standard InChI is InChI=1S/C47H50O10/c1-53-17-6-12-40-41(44(52)42-36-11-5-18-54-46(36)37-23-31(50)14-16-35(37)47(42)57-40)39-25-55-45-28(22-33(24-38(45)43(39)51)56-32-9-2-3-10-32)19-27-21-30(49)13-15-34(27)26-7-4-8-29(48)20-26/h4,7-8,13-16,20-24,32,39-41,43-44,48-52H,2-3,5-6,9-12,17-19,25H2,1H3/t39-,40-,41+,43+,44+/m0/s1. The van der Waals surface area contributed by atoms with Gasteiger partial charge in [-0.3, -0.25) is 0 Å². The maximum Gasteiger partial charge on any atom is 0.133 e. The van der Waals surface area contributed by atoms with Crippen LogP contribution in [0.4, 0.5) is 0 Å². The van der Waals surface area contributed by atoms with Crippen LogP contribution in [0.3, 0.4) is 0 Å². The van der Waals surface area contributed by atoms with Crippen LogP contribution < -0.4 is 18.9 Å². The van der Waals surface area contributed by atoms with Crippen LogP contribution in [0, 0.1) is 11.8 Å². The van der Waals surface area contributed by atoms with Crippen LogP contribution in [0.2, 0.25) is 0 Å². The minimum Gasteiger partial charge on any atom is -0.508 e. The van der Waals surface area contributed by atoms with Gasteiger partial charge in [-0.1, -0.05) is 18.2 Å². The number of hydrogen-bond donors (Lipinski definition) is 5. The summed E-state index contributed by atoms with van der Waals surface area (Å²) in [5, 5.41) is 58.2. The number of fused-ring (bicyclic) bond motifs is 7. The second-order valence-electron chi connectivity index (χ2n) is 16.1. The zero-order valence-electron chi connectivity index (χ0n) is 32.2. The predicted molar refractivity (Wildman–Crippen MR) is 215 cm³/mol. The summed E-state index contributed by atoms with van der Waals surface area (Å²) in [5.41, 5.74) is 5.41. The second kappa shape index (κ2) is 15.6. The number of aliphatic hydroxyl groups excluding tert-OH is 2. The third kappa shape index (κ3) is 7.08. The fraction of sp³-hybridized carbons (Fsp3) is 0.404. The summed E-state index contributed by atoms with van der Waals surface area (Å²) in [6.45, 7) is 1.18. The number of methoxy groups -OCH3 is 1. The molecule has 298 valence electrons. The van der Waals surface area contributed by atoms with Crippen molar-refractivity contribution in [1.29, 1.82) is 0 Å². The molecule has 10 heteroatoms. The van der Waals surface area contributed by atoms with Gasteiger partial charge in [-0.15, -0.1) is 0 Å². The Morgan fingerprint density at radius 3 is 2.39 bits per heavy atom. The highest BCUT2D eigenvalue weighted by Crippen LogP contribution is 2.56. The quantitative estimate of drug-likeness (QED) is 0.0877. The van der Waals surface area contributed by atoms with Gasteiger partial charge in [0.15, 0.2) is 0 Å². The van der Waals surface area contributed by atoms with Crippen molar-refractivity contribution in [3.63, 3.8) is 0 Å². The first-order chi connectivity index (χ1) is 27.8. The van der Waals surface area contributed by atoms with Crippen molar-refractivity contribution in [2.24, 2.45) is 11.8 Å². The number of benzene rings is 5. The van der Waals surface area contributed by atoms with E-state index in [1.807, 2.05) is 30.3 Å². The van der Waals surface area contributed by atoms with Crippen LogP contribution in [0.1, 0.15) is 85.0 Å². The summed E-state index contributed by atoms with van der Waals surface area (Å²) < 4.78 is 32.0. The maximum atomic E-state index is 12.7. The van der Waals surface area contributed by atoms with Gasteiger partial charge in [0.05, 0.1) is 31.5 Å². The monoisotopic (exact) mass is 774 g/mol. The molecule has 9 rings (SSSR count). The van der Waals surface area contributed by atoms with Gasteiger partial charge in [-0.2, -0.15) is 0 Å². The summed E-state index contributed by atoms with van der Waals surface area (Å²) in [6.07, 6.45) is 4.73. The minimum absolute atomic E-state index is 0.0670. The molecule has 5 aromatic rings. The van der Waals surface area contributed by atoms with E-state index in [1.165, 1.54) is 0 Å². The number of hydrogen-bond acceptors (Lipinski definition) is 10. The summed E-state index contributed by atoms with van der Waals surface area (Å²) in [7, 11) is 1.66. The van der Waals surface area contributed by atoms with Gasteiger partial charge in [-0.05, 0) is 123 Å². The molecule has 0 bridgehead atoms. The van der Waals surface area contributed by atoms with Gasteiger partial charge in [0.2, 0.25) is 0 Å². The lowest BCUT2D eigenvalue weighted by Gasteiger charge is -2.46. The highest BCUT2D eigenvalue weighted by atomic mass is 16.5. The molecule has 3 heterocycles. The molecule has 0 amide bonds. The van der Waals surface area contributed by atoms with Crippen molar-refractivity contribution in [2.45, 2.75) is 82.2 Å². The summed E-state index contributed by atoms with van der Waals surface area (Å²) in [5.74, 6) is 1.73. The summed E-state index contributed by atoms with van der Waals surface area (Å²) in [4.78, 5) is 0. The smallest absolute Gasteiger partial charge is 0.133 e. The fourth-order valence-corrected chi connectivity index (χ4v) is 9.76. The van der Waals surface area contributed by atoms with Gasteiger partial charge in [0, 0.05) is 65.0 Å². The van der Waals surface area contributed by atoms with Crippen molar-refractivity contribution < 1.29 is 49.2 Å². The lowest BCUT2D eigenvalue weighted by atomic mass is 9.71. The van der Waals surface area contributed by atoms with Gasteiger partial charge in [0.1, 0.15) is 46.4 Å². The van der Waals surface area contributed by atoms with E-state index < -0.39 is 30.1 Å². The number of phenols is 3. The van der Waals surface area contributed by atoms with Crippen molar-refractivity contribution in [3.05, 3.63) is 101 Å². The molecule has 5 aromatic carbocycles. The van der Waals surface area contributed by atoms with Gasteiger partial charge in [-0.25, -0.2) is 0 Å². The molecule has 1 fully saturated rings.